The minimum Gasteiger partial charge on any atom is -0.250 e. The van der Waals surface area contributed by atoms with E-state index in [2.05, 4.69) is 4.98 Å². The van der Waals surface area contributed by atoms with Crippen LogP contribution in [0, 0.1) is 3.70 Å². The molecule has 7 heteroatoms. The van der Waals surface area contributed by atoms with E-state index in [4.69, 9.17) is 0 Å². The molecule has 0 unspecified atom stereocenters. The summed E-state index contributed by atoms with van der Waals surface area (Å²) in [6.07, 6.45) is -7.09. The number of aromatic nitrogens is 1. The largest absolute Gasteiger partial charge is 0.417 e. The Kier molecular flexibility index (Phi) is 3.28. The third kappa shape index (κ3) is 2.31. The van der Waals surface area contributed by atoms with E-state index in [1.54, 1.807) is 0 Å². The van der Waals surface area contributed by atoms with Gasteiger partial charge >= 0.3 is 6.18 Å². The van der Waals surface area contributed by atoms with Crippen molar-refractivity contribution in [2.75, 3.05) is 0 Å². The Balaban J connectivity index is 3.36. The van der Waals surface area contributed by atoms with Crippen LogP contribution < -0.4 is 0 Å². The zero-order valence-electron chi connectivity index (χ0n) is 6.45. The van der Waals surface area contributed by atoms with Gasteiger partial charge in [0.25, 0.3) is 6.43 Å². The van der Waals surface area contributed by atoms with Gasteiger partial charge in [0.05, 0.1) is 11.1 Å². The van der Waals surface area contributed by atoms with Gasteiger partial charge < -0.3 is 0 Å². The van der Waals surface area contributed by atoms with Crippen molar-refractivity contribution in [3.63, 3.8) is 0 Å². The molecule has 0 aliphatic carbocycles. The van der Waals surface area contributed by atoms with Crippen molar-refractivity contribution in [1.82, 2.24) is 4.98 Å². The number of halogens is 6. The van der Waals surface area contributed by atoms with Gasteiger partial charge in [-0.25, -0.2) is 13.8 Å². The minimum atomic E-state index is -4.77. The zero-order valence-corrected chi connectivity index (χ0v) is 8.60. The summed E-state index contributed by atoms with van der Waals surface area (Å²) in [6, 6.07) is 0.545. The van der Waals surface area contributed by atoms with Gasteiger partial charge in [-0.2, -0.15) is 13.2 Å². The third-order valence-electron chi connectivity index (χ3n) is 1.47. The molecule has 0 spiro atoms. The second-order valence-corrected chi connectivity index (χ2v) is 3.38. The van der Waals surface area contributed by atoms with E-state index in [9.17, 15) is 22.0 Å². The van der Waals surface area contributed by atoms with Crippen LogP contribution in [0.15, 0.2) is 12.3 Å². The molecule has 0 bridgehead atoms. The van der Waals surface area contributed by atoms with Gasteiger partial charge in [0.15, 0.2) is 0 Å². The summed E-state index contributed by atoms with van der Waals surface area (Å²) < 4.78 is 60.9. The summed E-state index contributed by atoms with van der Waals surface area (Å²) in [6.45, 7) is 0. The Labute approximate surface area is 89.5 Å². The lowest BCUT2D eigenvalue weighted by Gasteiger charge is -2.12. The molecule has 0 aliphatic rings. The molecule has 78 valence electrons. The lowest BCUT2D eigenvalue weighted by Crippen LogP contribution is -2.11. The zero-order chi connectivity index (χ0) is 10.9. The maximum absolute atomic E-state index is 12.3. The highest BCUT2D eigenvalue weighted by Gasteiger charge is 2.36. The lowest BCUT2D eigenvalue weighted by atomic mass is 10.1. The number of rotatable bonds is 1. The van der Waals surface area contributed by atoms with Gasteiger partial charge in [-0.05, 0) is 28.7 Å². The monoisotopic (exact) mass is 323 g/mol. The van der Waals surface area contributed by atoms with Crippen LogP contribution in [0.2, 0.25) is 0 Å². The number of hydrogen-bond acceptors (Lipinski definition) is 1. The van der Waals surface area contributed by atoms with Crippen molar-refractivity contribution in [2.24, 2.45) is 0 Å². The van der Waals surface area contributed by atoms with E-state index in [0.29, 0.717) is 6.07 Å². The van der Waals surface area contributed by atoms with Crippen LogP contribution in [-0.4, -0.2) is 4.98 Å². The fourth-order valence-electron chi connectivity index (χ4n) is 0.902. The Hall–Kier alpha value is -0.470. The standard InChI is InChI=1S/C7H3F5IN/c8-5(9)4-3(7(10,11)12)1-2-14-6(4)13/h1-2,5H. The highest BCUT2D eigenvalue weighted by molar-refractivity contribution is 14.1. The second-order valence-electron chi connectivity index (χ2n) is 2.36. The Morgan fingerprint density at radius 3 is 2.21 bits per heavy atom. The average Bonchev–Trinajstić information content (AvgIpc) is 2.01. The van der Waals surface area contributed by atoms with Crippen molar-refractivity contribution in [3.8, 4) is 0 Å². The first-order chi connectivity index (χ1) is 6.34. The average molecular weight is 323 g/mol. The van der Waals surface area contributed by atoms with Gasteiger partial charge in [0, 0.05) is 6.20 Å². The lowest BCUT2D eigenvalue weighted by molar-refractivity contribution is -0.139. The normalized spacial score (nSPS) is 12.2. The summed E-state index contributed by atoms with van der Waals surface area (Å²) in [5.74, 6) is 0. The van der Waals surface area contributed by atoms with Crippen LogP contribution >= 0.6 is 22.6 Å². The molecule has 1 aromatic rings. The van der Waals surface area contributed by atoms with E-state index >= 15 is 0 Å². The van der Waals surface area contributed by atoms with Gasteiger partial charge in [-0.3, -0.25) is 0 Å². The predicted octanol–water partition coefficient (Wildman–Crippen LogP) is 3.64. The van der Waals surface area contributed by atoms with Crippen LogP contribution in [0.1, 0.15) is 17.6 Å². The molecule has 14 heavy (non-hydrogen) atoms. The number of nitrogens with zero attached hydrogens (tertiary/aromatic N) is 1. The first kappa shape index (κ1) is 11.6. The molecular formula is C7H3F5IN. The van der Waals surface area contributed by atoms with Crippen LogP contribution in [0.3, 0.4) is 0 Å². The van der Waals surface area contributed by atoms with Crippen molar-refractivity contribution < 1.29 is 22.0 Å². The molecule has 0 atom stereocenters. The SMILES string of the molecule is FC(F)c1c(C(F)(F)F)ccnc1I. The smallest absolute Gasteiger partial charge is 0.250 e. The summed E-state index contributed by atoms with van der Waals surface area (Å²) in [5.41, 5.74) is -2.38. The van der Waals surface area contributed by atoms with Crippen molar-refractivity contribution >= 4 is 22.6 Å². The minimum absolute atomic E-state index is 0.326. The molecule has 1 aromatic heterocycles. The predicted molar refractivity (Wildman–Crippen MR) is 46.9 cm³/mol. The van der Waals surface area contributed by atoms with Crippen LogP contribution in [0.25, 0.3) is 0 Å². The molecule has 0 amide bonds. The molecule has 0 saturated carbocycles. The second kappa shape index (κ2) is 3.95. The van der Waals surface area contributed by atoms with Gasteiger partial charge in [0.1, 0.15) is 3.70 Å². The van der Waals surface area contributed by atoms with E-state index in [1.165, 1.54) is 22.6 Å². The summed E-state index contributed by atoms with van der Waals surface area (Å²) >= 11 is 1.35. The highest BCUT2D eigenvalue weighted by Crippen LogP contribution is 2.37. The maximum Gasteiger partial charge on any atom is 0.417 e. The first-order valence-electron chi connectivity index (χ1n) is 3.33. The third-order valence-corrected chi connectivity index (χ3v) is 2.32. The Bertz CT molecular complexity index is 335. The molecule has 0 radical (unpaired) electrons. The summed E-state index contributed by atoms with van der Waals surface area (Å²) in [4.78, 5) is 3.38. The number of alkyl halides is 5. The quantitative estimate of drug-likeness (QED) is 0.437. The van der Waals surface area contributed by atoms with Crippen molar-refractivity contribution in [3.05, 3.63) is 27.1 Å². The first-order valence-corrected chi connectivity index (χ1v) is 4.41. The van der Waals surface area contributed by atoms with Crippen LogP contribution in [0.5, 0.6) is 0 Å². The van der Waals surface area contributed by atoms with Gasteiger partial charge in [-0.1, -0.05) is 0 Å². The molecule has 0 saturated heterocycles. The van der Waals surface area contributed by atoms with Gasteiger partial charge in [-0.15, -0.1) is 0 Å². The molecule has 1 rings (SSSR count). The number of hydrogen-bond donors (Lipinski definition) is 0. The fraction of sp³-hybridized carbons (Fsp3) is 0.286. The molecular weight excluding hydrogens is 320 g/mol. The molecule has 0 aliphatic heterocycles. The van der Waals surface area contributed by atoms with Crippen molar-refractivity contribution in [1.29, 1.82) is 0 Å². The van der Waals surface area contributed by atoms with E-state index in [1.807, 2.05) is 0 Å². The highest BCUT2D eigenvalue weighted by atomic mass is 127. The Morgan fingerprint density at radius 1 is 1.29 bits per heavy atom. The van der Waals surface area contributed by atoms with E-state index in [-0.39, 0.29) is 3.70 Å². The molecule has 1 heterocycles. The molecule has 1 nitrogen and oxygen atoms in total. The summed E-state index contributed by atoms with van der Waals surface area (Å²) in [7, 11) is 0. The Morgan fingerprint density at radius 2 is 1.86 bits per heavy atom. The molecule has 0 fully saturated rings. The van der Waals surface area contributed by atoms with Gasteiger partial charge in [0.2, 0.25) is 0 Å². The molecule has 0 aromatic carbocycles. The number of pyridine rings is 1. The topological polar surface area (TPSA) is 12.9 Å². The van der Waals surface area contributed by atoms with Crippen LogP contribution in [-0.2, 0) is 6.18 Å². The van der Waals surface area contributed by atoms with E-state index < -0.39 is 23.7 Å². The van der Waals surface area contributed by atoms with E-state index in [0.717, 1.165) is 6.20 Å². The fourth-order valence-corrected chi connectivity index (χ4v) is 1.59. The summed E-state index contributed by atoms with van der Waals surface area (Å²) in [5, 5.41) is 0. The van der Waals surface area contributed by atoms with Crippen molar-refractivity contribution in [2.45, 2.75) is 12.6 Å². The molecule has 0 N–H and O–H groups in total. The maximum atomic E-state index is 12.3. The van der Waals surface area contributed by atoms with Crippen LogP contribution in [0.4, 0.5) is 22.0 Å².